The number of thiophene rings is 4. The second-order valence-corrected chi connectivity index (χ2v) is 15.3. The molecule has 0 spiro atoms. The van der Waals surface area contributed by atoms with Crippen LogP contribution in [0.1, 0.15) is 84.4 Å². The number of nitrogens with zero attached hydrogens (tertiary/aromatic N) is 4. The fourth-order valence-corrected chi connectivity index (χ4v) is 10.8. The minimum absolute atomic E-state index is 0.292. The van der Waals surface area contributed by atoms with Gasteiger partial charge in [0.2, 0.25) is 11.6 Å². The van der Waals surface area contributed by atoms with Crippen LogP contribution in [0, 0.1) is 45.3 Å². The summed E-state index contributed by atoms with van der Waals surface area (Å²) >= 11 is 5.85. The molecule has 0 aromatic carbocycles. The summed E-state index contributed by atoms with van der Waals surface area (Å²) in [5.74, 6) is -2.05. The molecule has 0 radical (unpaired) electrons. The van der Waals surface area contributed by atoms with Gasteiger partial charge in [-0.3, -0.25) is 0 Å². The number of hydrogen-bond donors (Lipinski definition) is 0. The van der Waals surface area contributed by atoms with Crippen molar-refractivity contribution < 1.29 is 18.9 Å². The molecular weight excluding hydrogens is 657 g/mol. The van der Waals surface area contributed by atoms with E-state index in [1.807, 2.05) is 24.3 Å². The highest BCUT2D eigenvalue weighted by Crippen LogP contribution is 2.51. The van der Waals surface area contributed by atoms with Crippen molar-refractivity contribution in [2.75, 3.05) is 26.4 Å². The van der Waals surface area contributed by atoms with Gasteiger partial charge in [-0.05, 0) is 37.6 Å². The molecule has 0 N–H and O–H groups in total. The summed E-state index contributed by atoms with van der Waals surface area (Å²) in [6.45, 7) is 5.73. The Hall–Kier alpha value is -3.40. The van der Waals surface area contributed by atoms with Gasteiger partial charge < -0.3 is 18.9 Å². The molecule has 46 heavy (non-hydrogen) atoms. The predicted molar refractivity (Wildman–Crippen MR) is 179 cm³/mol. The lowest BCUT2D eigenvalue weighted by Gasteiger charge is -2.26. The Kier molecular flexibility index (Phi) is 9.73. The third kappa shape index (κ3) is 5.82. The third-order valence-corrected chi connectivity index (χ3v) is 13.5. The van der Waals surface area contributed by atoms with E-state index in [0.29, 0.717) is 69.7 Å². The van der Waals surface area contributed by atoms with Crippen molar-refractivity contribution in [3.63, 3.8) is 0 Å². The minimum atomic E-state index is -1.05. The van der Waals surface area contributed by atoms with Crippen molar-refractivity contribution in [2.24, 2.45) is 0 Å². The van der Waals surface area contributed by atoms with E-state index in [1.54, 1.807) is 18.3 Å². The van der Waals surface area contributed by atoms with Gasteiger partial charge >= 0.3 is 0 Å². The van der Waals surface area contributed by atoms with E-state index in [9.17, 15) is 21.0 Å². The second-order valence-electron chi connectivity index (χ2n) is 11.1. The number of hydrogen-bond acceptors (Lipinski definition) is 12. The Morgan fingerprint density at radius 1 is 0.587 bits per heavy atom. The molecular formula is C34H30N4O4S4. The van der Waals surface area contributed by atoms with Crippen LogP contribution in [0.2, 0.25) is 0 Å². The normalized spacial score (nSPS) is 16.6. The molecule has 2 aliphatic heterocycles. The first-order chi connectivity index (χ1) is 22.4. The first-order valence-electron chi connectivity index (χ1n) is 15.1. The molecule has 0 atom stereocenters. The molecule has 2 saturated heterocycles. The van der Waals surface area contributed by atoms with Crippen LogP contribution in [0.3, 0.4) is 0 Å². The maximum Gasteiger partial charge on any atom is 0.205 e. The van der Waals surface area contributed by atoms with Crippen LogP contribution in [0.4, 0.5) is 0 Å². The summed E-state index contributed by atoms with van der Waals surface area (Å²) in [6.07, 6.45) is 6.11. The van der Waals surface area contributed by atoms with Crippen LogP contribution in [-0.4, -0.2) is 26.4 Å². The highest BCUT2D eigenvalue weighted by Gasteiger charge is 2.43. The van der Waals surface area contributed by atoms with E-state index in [0.717, 1.165) is 50.1 Å². The molecule has 4 aromatic rings. The molecule has 2 aliphatic rings. The highest BCUT2D eigenvalue weighted by molar-refractivity contribution is 7.28. The van der Waals surface area contributed by atoms with E-state index in [-0.39, 0.29) is 0 Å². The number of ether oxygens (including phenoxy) is 4. The Bertz CT molecular complexity index is 1910. The third-order valence-electron chi connectivity index (χ3n) is 8.13. The number of unbranched alkanes of at least 4 members (excludes halogenated alkanes) is 4. The van der Waals surface area contributed by atoms with Gasteiger partial charge in [-0.2, -0.15) is 21.0 Å². The van der Waals surface area contributed by atoms with E-state index in [1.165, 1.54) is 40.4 Å². The number of nitriles is 4. The zero-order valence-corrected chi connectivity index (χ0v) is 28.7. The van der Waals surface area contributed by atoms with Gasteiger partial charge in [0.05, 0.1) is 68.2 Å². The Balaban J connectivity index is 1.32. The maximum absolute atomic E-state index is 10.2. The summed E-state index contributed by atoms with van der Waals surface area (Å²) in [5, 5.41) is 40.4. The zero-order chi connectivity index (χ0) is 32.3. The van der Waals surface area contributed by atoms with Crippen molar-refractivity contribution >= 4 is 45.3 Å². The average molecular weight is 687 g/mol. The van der Waals surface area contributed by atoms with Gasteiger partial charge in [-0.25, -0.2) is 0 Å². The van der Waals surface area contributed by atoms with Crippen LogP contribution >= 0.6 is 45.3 Å². The van der Waals surface area contributed by atoms with Gasteiger partial charge in [-0.1, -0.05) is 32.6 Å². The van der Waals surface area contributed by atoms with Crippen molar-refractivity contribution in [3.8, 4) is 53.5 Å². The smallest absolute Gasteiger partial charge is 0.205 e. The summed E-state index contributed by atoms with van der Waals surface area (Å²) in [6, 6.07) is 17.0. The molecule has 234 valence electrons. The first-order valence-corrected chi connectivity index (χ1v) is 18.4. The van der Waals surface area contributed by atoms with Crippen LogP contribution in [0.5, 0.6) is 0 Å². The van der Waals surface area contributed by atoms with E-state index in [4.69, 9.17) is 18.9 Å². The molecule has 6 heterocycles. The Morgan fingerprint density at radius 3 is 1.57 bits per heavy atom. The fraction of sp³-hybridized carbons (Fsp3) is 0.412. The quantitative estimate of drug-likeness (QED) is 0.143. The Morgan fingerprint density at radius 2 is 1.04 bits per heavy atom. The fourth-order valence-electron chi connectivity index (χ4n) is 5.86. The minimum Gasteiger partial charge on any atom is -0.343 e. The Labute approximate surface area is 284 Å². The monoisotopic (exact) mass is 686 g/mol. The standard InChI is InChI=1S/C34H30N4O4S4/c1-3-4-5-6-7-12-34(41-15-16-42-34)32-24(20-38)22(18-36)30(46-32)28-11-9-26(44-28)25-8-10-27(43-25)29-21(17-35)23(19-37)31(45-29)33(2)39-13-14-40-33/h8-11H,3-7,12-16H2,1-2H3. The molecule has 2 fully saturated rings. The summed E-state index contributed by atoms with van der Waals surface area (Å²) in [7, 11) is 0. The van der Waals surface area contributed by atoms with E-state index >= 15 is 0 Å². The SMILES string of the molecule is CCCCCCCC1(c2sc(-c3ccc(-c4ccc(-c5sc(C6(C)OCCO6)c(C#N)c5C#N)s4)s3)c(C#N)c2C#N)OCCO1. The lowest BCUT2D eigenvalue weighted by atomic mass is 10.00. The van der Waals surface area contributed by atoms with Crippen LogP contribution in [0.15, 0.2) is 24.3 Å². The van der Waals surface area contributed by atoms with E-state index in [2.05, 4.69) is 31.2 Å². The molecule has 0 aliphatic carbocycles. The molecule has 0 amide bonds. The average Bonchev–Trinajstić information content (AvgIpc) is 3.91. The summed E-state index contributed by atoms with van der Waals surface area (Å²) in [4.78, 5) is 6.48. The van der Waals surface area contributed by atoms with Crippen molar-refractivity contribution in [1.29, 1.82) is 21.0 Å². The van der Waals surface area contributed by atoms with Crippen LogP contribution < -0.4 is 0 Å². The molecule has 8 nitrogen and oxygen atoms in total. The van der Waals surface area contributed by atoms with Crippen molar-refractivity contribution in [1.82, 2.24) is 0 Å². The molecule has 0 bridgehead atoms. The van der Waals surface area contributed by atoms with Crippen LogP contribution in [-0.2, 0) is 30.5 Å². The molecule has 0 saturated carbocycles. The maximum atomic E-state index is 10.2. The van der Waals surface area contributed by atoms with Gasteiger partial charge in [-0.15, -0.1) is 45.3 Å². The van der Waals surface area contributed by atoms with Crippen molar-refractivity contribution in [2.45, 2.75) is 63.9 Å². The summed E-state index contributed by atoms with van der Waals surface area (Å²) in [5.41, 5.74) is 1.31. The van der Waals surface area contributed by atoms with Gasteiger partial charge in [0.15, 0.2) is 0 Å². The number of rotatable bonds is 11. The van der Waals surface area contributed by atoms with E-state index < -0.39 is 11.6 Å². The lowest BCUT2D eigenvalue weighted by molar-refractivity contribution is -0.169. The molecule has 6 rings (SSSR count). The zero-order valence-electron chi connectivity index (χ0n) is 25.4. The van der Waals surface area contributed by atoms with Gasteiger partial charge in [0.25, 0.3) is 0 Å². The van der Waals surface area contributed by atoms with Gasteiger partial charge in [0.1, 0.15) is 24.3 Å². The lowest BCUT2D eigenvalue weighted by Crippen LogP contribution is -2.27. The molecule has 4 aromatic heterocycles. The first kappa shape index (κ1) is 32.5. The predicted octanol–water partition coefficient (Wildman–Crippen LogP) is 9.20. The largest absolute Gasteiger partial charge is 0.343 e. The topological polar surface area (TPSA) is 132 Å². The van der Waals surface area contributed by atoms with Crippen LogP contribution in [0.25, 0.3) is 29.3 Å². The molecule has 12 heteroatoms. The van der Waals surface area contributed by atoms with Crippen molar-refractivity contribution in [3.05, 3.63) is 56.3 Å². The summed E-state index contributed by atoms with van der Waals surface area (Å²) < 4.78 is 24.0. The van der Waals surface area contributed by atoms with Gasteiger partial charge in [0, 0.05) is 25.9 Å². The second kappa shape index (κ2) is 13.8. The highest BCUT2D eigenvalue weighted by atomic mass is 32.1. The molecule has 0 unspecified atom stereocenters.